The molecule has 2 bridgehead atoms. The van der Waals surface area contributed by atoms with Gasteiger partial charge in [0.05, 0.1) is 13.2 Å². The lowest BCUT2D eigenvalue weighted by Gasteiger charge is -2.57. The van der Waals surface area contributed by atoms with Crippen LogP contribution in [0.25, 0.3) is 0 Å². The van der Waals surface area contributed by atoms with Crippen LogP contribution < -0.4 is 9.47 Å². The molecular formula is C19H23BrO4. The predicted octanol–water partition coefficient (Wildman–Crippen LogP) is 3.21. The van der Waals surface area contributed by atoms with Gasteiger partial charge >= 0.3 is 0 Å². The number of hydrogen-bond acceptors (Lipinski definition) is 4. The van der Waals surface area contributed by atoms with Crippen molar-refractivity contribution in [2.24, 2.45) is 11.8 Å². The van der Waals surface area contributed by atoms with E-state index < -0.39 is 6.10 Å². The van der Waals surface area contributed by atoms with E-state index in [4.69, 9.17) is 14.2 Å². The van der Waals surface area contributed by atoms with Crippen molar-refractivity contribution in [1.82, 2.24) is 0 Å². The summed E-state index contributed by atoms with van der Waals surface area (Å²) in [5.41, 5.74) is 2.61. The van der Waals surface area contributed by atoms with Crippen LogP contribution in [0, 0.1) is 11.8 Å². The summed E-state index contributed by atoms with van der Waals surface area (Å²) in [5, 5.41) is 11.0. The Morgan fingerprint density at radius 3 is 2.96 bits per heavy atom. The predicted molar refractivity (Wildman–Crippen MR) is 92.7 cm³/mol. The normalized spacial score (nSPS) is 41.6. The molecule has 1 aliphatic heterocycles. The van der Waals surface area contributed by atoms with Gasteiger partial charge in [0.2, 0.25) is 0 Å². The van der Waals surface area contributed by atoms with Crippen LogP contribution >= 0.6 is 15.9 Å². The quantitative estimate of drug-likeness (QED) is 0.836. The molecule has 6 atom stereocenters. The third kappa shape index (κ3) is 1.66. The molecule has 0 radical (unpaired) electrons. The lowest BCUT2D eigenvalue weighted by atomic mass is 9.47. The molecule has 1 heterocycles. The van der Waals surface area contributed by atoms with E-state index in [1.807, 2.05) is 6.07 Å². The Kier molecular flexibility index (Phi) is 3.30. The third-order valence-corrected chi connectivity index (χ3v) is 7.79. The van der Waals surface area contributed by atoms with E-state index in [-0.39, 0.29) is 17.6 Å². The lowest BCUT2D eigenvalue weighted by molar-refractivity contribution is -0.153. The highest BCUT2D eigenvalue weighted by molar-refractivity contribution is 9.10. The second kappa shape index (κ2) is 5.12. The Morgan fingerprint density at radius 2 is 2.21 bits per heavy atom. The van der Waals surface area contributed by atoms with Gasteiger partial charge < -0.3 is 19.3 Å². The van der Waals surface area contributed by atoms with E-state index >= 15 is 0 Å². The molecule has 0 amide bonds. The number of hydrogen-bond donors (Lipinski definition) is 1. The zero-order valence-corrected chi connectivity index (χ0v) is 15.6. The Balaban J connectivity index is 1.79. The molecule has 0 aromatic heterocycles. The number of halogens is 1. The van der Waals surface area contributed by atoms with Gasteiger partial charge in [0.1, 0.15) is 12.2 Å². The summed E-state index contributed by atoms with van der Waals surface area (Å²) in [7, 11) is 3.39. The van der Waals surface area contributed by atoms with Crippen LogP contribution in [-0.4, -0.2) is 37.6 Å². The molecule has 3 aliphatic carbocycles. The number of ether oxygens (including phenoxy) is 3. The molecule has 130 valence electrons. The van der Waals surface area contributed by atoms with Crippen molar-refractivity contribution in [3.63, 3.8) is 0 Å². The number of benzene rings is 1. The van der Waals surface area contributed by atoms with Gasteiger partial charge in [-0.05, 0) is 49.1 Å². The van der Waals surface area contributed by atoms with Gasteiger partial charge in [-0.25, -0.2) is 0 Å². The van der Waals surface area contributed by atoms with Crippen LogP contribution in [0.2, 0.25) is 0 Å². The smallest absolute Gasteiger partial charge is 0.166 e. The van der Waals surface area contributed by atoms with Crippen molar-refractivity contribution < 1.29 is 19.3 Å². The maximum absolute atomic E-state index is 11.0. The van der Waals surface area contributed by atoms with Gasteiger partial charge in [-0.2, -0.15) is 0 Å². The first-order valence-electron chi connectivity index (χ1n) is 8.89. The minimum absolute atomic E-state index is 0.0721. The topological polar surface area (TPSA) is 47.9 Å². The van der Waals surface area contributed by atoms with Crippen LogP contribution in [-0.2, 0) is 16.6 Å². The minimum Gasteiger partial charge on any atom is -0.493 e. The maximum Gasteiger partial charge on any atom is 0.166 e. The Labute approximate surface area is 150 Å². The molecular weight excluding hydrogens is 372 g/mol. The average molecular weight is 395 g/mol. The van der Waals surface area contributed by atoms with Gasteiger partial charge in [0.25, 0.3) is 0 Å². The summed E-state index contributed by atoms with van der Waals surface area (Å²) in [5.74, 6) is 2.81. The van der Waals surface area contributed by atoms with Crippen LogP contribution in [0.1, 0.15) is 36.8 Å². The van der Waals surface area contributed by atoms with Crippen molar-refractivity contribution in [1.29, 1.82) is 0 Å². The third-order valence-electron chi connectivity index (χ3n) is 7.08. The van der Waals surface area contributed by atoms with E-state index in [0.717, 1.165) is 35.2 Å². The maximum atomic E-state index is 11.0. The first-order chi connectivity index (χ1) is 11.6. The van der Waals surface area contributed by atoms with E-state index in [2.05, 4.69) is 15.9 Å². The lowest BCUT2D eigenvalue weighted by Crippen LogP contribution is -2.64. The fraction of sp³-hybridized carbons (Fsp3) is 0.684. The van der Waals surface area contributed by atoms with E-state index in [0.29, 0.717) is 11.8 Å². The van der Waals surface area contributed by atoms with E-state index in [1.165, 1.54) is 24.0 Å². The van der Waals surface area contributed by atoms with Crippen LogP contribution in [0.3, 0.4) is 0 Å². The highest BCUT2D eigenvalue weighted by Gasteiger charge is 2.66. The average Bonchev–Trinajstić information content (AvgIpc) is 2.91. The molecule has 2 fully saturated rings. The molecule has 1 spiro atoms. The van der Waals surface area contributed by atoms with Crippen molar-refractivity contribution in [2.75, 3.05) is 14.2 Å². The van der Waals surface area contributed by atoms with Crippen molar-refractivity contribution in [3.05, 3.63) is 21.7 Å². The van der Waals surface area contributed by atoms with Crippen LogP contribution in [0.5, 0.6) is 11.5 Å². The second-order valence-corrected chi connectivity index (χ2v) is 8.64. The van der Waals surface area contributed by atoms with Gasteiger partial charge in [0.15, 0.2) is 11.5 Å². The molecule has 5 heteroatoms. The first-order valence-corrected chi connectivity index (χ1v) is 9.68. The van der Waals surface area contributed by atoms with E-state index in [1.54, 1.807) is 14.2 Å². The highest BCUT2D eigenvalue weighted by Crippen LogP contribution is 2.66. The van der Waals surface area contributed by atoms with Crippen LogP contribution in [0.15, 0.2) is 10.5 Å². The summed E-state index contributed by atoms with van der Waals surface area (Å²) in [6, 6.07) is 2.03. The Bertz CT molecular complexity index is 705. The monoisotopic (exact) mass is 394 g/mol. The molecule has 1 aromatic rings. The summed E-state index contributed by atoms with van der Waals surface area (Å²) < 4.78 is 18.8. The van der Waals surface area contributed by atoms with E-state index in [9.17, 15) is 5.11 Å². The molecule has 1 unspecified atom stereocenters. The molecule has 1 aromatic carbocycles. The second-order valence-electron chi connectivity index (χ2n) is 7.79. The Morgan fingerprint density at radius 1 is 1.38 bits per heavy atom. The molecule has 1 N–H and O–H groups in total. The summed E-state index contributed by atoms with van der Waals surface area (Å²) in [6.07, 6.45) is 4.62. The van der Waals surface area contributed by atoms with Gasteiger partial charge in [0, 0.05) is 22.6 Å². The number of aliphatic hydroxyl groups is 1. The largest absolute Gasteiger partial charge is 0.493 e. The zero-order valence-electron chi connectivity index (χ0n) is 14.0. The standard InChI is InChI=1S/C19H23BrO4/c1-22-13-7-11-9-4-3-5-19(11)15-10(6-9)12(20)8-14(23-2)17(15)24-18(19)16(13)21/h8-9,11,13,16,18,21H,3-7H2,1-2H3/t9-,11?,13-,16+,18+,19+/m1/s1. The van der Waals surface area contributed by atoms with Gasteiger partial charge in [-0.3, -0.25) is 0 Å². The van der Waals surface area contributed by atoms with Gasteiger partial charge in [-0.15, -0.1) is 0 Å². The molecule has 0 saturated heterocycles. The minimum atomic E-state index is -0.591. The SMILES string of the molecule is COc1cc(Br)c2c3c1O[C@H]1[C@@H](O)[C@H](OC)CC4[C@H](CCC[C@@]341)C2. The highest BCUT2D eigenvalue weighted by atomic mass is 79.9. The number of aliphatic hydroxyl groups excluding tert-OH is 1. The van der Waals surface area contributed by atoms with Crippen molar-refractivity contribution in [2.45, 2.75) is 55.8 Å². The molecule has 5 rings (SSSR count). The molecule has 4 nitrogen and oxygen atoms in total. The van der Waals surface area contributed by atoms with Crippen LogP contribution in [0.4, 0.5) is 0 Å². The number of methoxy groups -OCH3 is 2. The molecule has 4 aliphatic rings. The summed E-state index contributed by atoms with van der Waals surface area (Å²) in [4.78, 5) is 0. The fourth-order valence-electron chi connectivity index (χ4n) is 6.21. The van der Waals surface area contributed by atoms with Crippen molar-refractivity contribution in [3.8, 4) is 11.5 Å². The van der Waals surface area contributed by atoms with Crippen molar-refractivity contribution >= 4 is 15.9 Å². The first kappa shape index (κ1) is 15.5. The van der Waals surface area contributed by atoms with Gasteiger partial charge in [-0.1, -0.05) is 22.4 Å². The molecule has 2 saturated carbocycles. The molecule has 24 heavy (non-hydrogen) atoms. The fourth-order valence-corrected chi connectivity index (χ4v) is 6.78. The zero-order chi connectivity index (χ0) is 16.6. The Hall–Kier alpha value is -0.780. The summed E-state index contributed by atoms with van der Waals surface area (Å²) in [6.45, 7) is 0. The number of rotatable bonds is 2. The summed E-state index contributed by atoms with van der Waals surface area (Å²) >= 11 is 3.77.